The first-order valence-corrected chi connectivity index (χ1v) is 16.8. The summed E-state index contributed by atoms with van der Waals surface area (Å²) in [6.07, 6.45) is 0. The molecule has 2 heterocycles. The highest BCUT2D eigenvalue weighted by Crippen LogP contribution is 2.43. The van der Waals surface area contributed by atoms with E-state index in [1.165, 1.54) is 4.90 Å². The van der Waals surface area contributed by atoms with Crippen LogP contribution >= 0.6 is 0 Å². The maximum Gasteiger partial charge on any atom is 0.268 e. The fraction of sp³-hybridized carbons (Fsp3) is 0. The Kier molecular flexibility index (Phi) is 7.10. The van der Waals surface area contributed by atoms with E-state index in [0.717, 1.165) is 49.6 Å². The van der Waals surface area contributed by atoms with Gasteiger partial charge in [0.25, 0.3) is 11.8 Å². The van der Waals surface area contributed by atoms with E-state index >= 15 is 0 Å². The molecule has 2 amide bonds. The summed E-state index contributed by atoms with van der Waals surface area (Å²) in [5.74, 6) is -0.810. The molecule has 6 nitrogen and oxygen atoms in total. The lowest BCUT2D eigenvalue weighted by atomic mass is 9.97. The number of carbonyl (C=O) groups excluding carboxylic acids is 2. The number of fused-ring (bicyclic) bond motifs is 4. The first-order valence-electron chi connectivity index (χ1n) is 16.8. The number of amides is 2. The minimum absolute atomic E-state index is 0.305. The summed E-state index contributed by atoms with van der Waals surface area (Å²) in [6.45, 7) is 0. The van der Waals surface area contributed by atoms with Crippen LogP contribution in [0.3, 0.4) is 0 Å². The molecular formula is C46H26N4O2. The highest BCUT2D eigenvalue weighted by atomic mass is 16.2. The van der Waals surface area contributed by atoms with Gasteiger partial charge in [0.1, 0.15) is 0 Å². The Morgan fingerprint density at radius 3 is 1.81 bits per heavy atom. The van der Waals surface area contributed by atoms with Crippen molar-refractivity contribution in [2.45, 2.75) is 0 Å². The molecule has 242 valence electrons. The van der Waals surface area contributed by atoms with Crippen molar-refractivity contribution >= 4 is 39.3 Å². The number of aromatic nitrogens is 1. The molecule has 0 N–H and O–H groups in total. The van der Waals surface area contributed by atoms with Crippen molar-refractivity contribution in [3.8, 4) is 51.2 Å². The van der Waals surface area contributed by atoms with Crippen LogP contribution in [0.15, 0.2) is 158 Å². The molecule has 0 unspecified atom stereocenters. The van der Waals surface area contributed by atoms with Crippen LogP contribution in [0.25, 0.3) is 60.9 Å². The number of hydrogen-bond donors (Lipinski definition) is 0. The van der Waals surface area contributed by atoms with Gasteiger partial charge < -0.3 is 4.57 Å². The van der Waals surface area contributed by atoms with E-state index in [-0.39, 0.29) is 0 Å². The summed E-state index contributed by atoms with van der Waals surface area (Å²) < 4.78 is 2.04. The smallest absolute Gasteiger partial charge is 0.268 e. The summed E-state index contributed by atoms with van der Waals surface area (Å²) >= 11 is 0. The average molecular weight is 667 g/mol. The Hall–Kier alpha value is -7.54. The Morgan fingerprint density at radius 1 is 0.442 bits per heavy atom. The maximum atomic E-state index is 14.9. The van der Waals surface area contributed by atoms with Crippen LogP contribution in [0, 0.1) is 22.7 Å². The normalized spacial score (nSPS) is 12.2. The highest BCUT2D eigenvalue weighted by molar-refractivity contribution is 6.36. The molecule has 0 spiro atoms. The Morgan fingerprint density at radius 2 is 1.08 bits per heavy atom. The van der Waals surface area contributed by atoms with Crippen LogP contribution < -0.4 is 4.90 Å². The largest absolute Gasteiger partial charge is 0.308 e. The lowest BCUT2D eigenvalue weighted by molar-refractivity contribution is 0.0926. The molecule has 0 saturated carbocycles. The van der Waals surface area contributed by atoms with Gasteiger partial charge >= 0.3 is 0 Å². The molecule has 0 aliphatic carbocycles. The van der Waals surface area contributed by atoms with Gasteiger partial charge in [0.2, 0.25) is 0 Å². The second kappa shape index (κ2) is 12.1. The summed E-state index contributed by atoms with van der Waals surface area (Å²) in [4.78, 5) is 30.6. The van der Waals surface area contributed by atoms with E-state index in [9.17, 15) is 20.1 Å². The van der Waals surface area contributed by atoms with E-state index in [1.54, 1.807) is 24.3 Å². The number of anilines is 1. The predicted molar refractivity (Wildman–Crippen MR) is 204 cm³/mol. The molecule has 52 heavy (non-hydrogen) atoms. The van der Waals surface area contributed by atoms with Crippen LogP contribution in [-0.4, -0.2) is 16.4 Å². The van der Waals surface area contributed by atoms with Crippen molar-refractivity contribution in [2.75, 3.05) is 4.90 Å². The summed E-state index contributed by atoms with van der Waals surface area (Å²) in [7, 11) is 0. The molecule has 0 bridgehead atoms. The van der Waals surface area contributed by atoms with Crippen molar-refractivity contribution in [3.63, 3.8) is 0 Å². The minimum atomic E-state index is -0.415. The lowest BCUT2D eigenvalue weighted by Gasteiger charge is -2.20. The topological polar surface area (TPSA) is 89.9 Å². The van der Waals surface area contributed by atoms with E-state index in [0.29, 0.717) is 39.2 Å². The lowest BCUT2D eigenvalue weighted by Crippen LogP contribution is -2.30. The Balaban J connectivity index is 1.27. The van der Waals surface area contributed by atoms with E-state index in [2.05, 4.69) is 12.1 Å². The van der Waals surface area contributed by atoms with Gasteiger partial charge in [-0.2, -0.15) is 10.5 Å². The van der Waals surface area contributed by atoms with Crippen molar-refractivity contribution in [2.24, 2.45) is 0 Å². The zero-order valence-electron chi connectivity index (χ0n) is 27.6. The molecule has 1 aliphatic rings. The molecule has 1 aromatic heterocycles. The third-order valence-corrected chi connectivity index (χ3v) is 9.76. The van der Waals surface area contributed by atoms with Crippen molar-refractivity contribution in [1.29, 1.82) is 10.5 Å². The maximum absolute atomic E-state index is 14.9. The van der Waals surface area contributed by atoms with E-state index < -0.39 is 11.8 Å². The van der Waals surface area contributed by atoms with E-state index in [4.69, 9.17) is 0 Å². The fourth-order valence-corrected chi connectivity index (χ4v) is 7.48. The third kappa shape index (κ3) is 4.71. The molecule has 1 aliphatic heterocycles. The second-order valence-electron chi connectivity index (χ2n) is 12.7. The first kappa shape index (κ1) is 30.5. The summed E-state index contributed by atoms with van der Waals surface area (Å²) in [5, 5.41) is 21.5. The van der Waals surface area contributed by atoms with Gasteiger partial charge in [-0.05, 0) is 70.8 Å². The van der Waals surface area contributed by atoms with Gasteiger partial charge in [-0.25, -0.2) is 4.90 Å². The Labute approximate surface area is 299 Å². The molecular weight excluding hydrogens is 641 g/mol. The zero-order chi connectivity index (χ0) is 35.3. The van der Waals surface area contributed by atoms with Gasteiger partial charge in [-0.15, -0.1) is 0 Å². The number of imide groups is 1. The van der Waals surface area contributed by atoms with E-state index in [1.807, 2.05) is 138 Å². The van der Waals surface area contributed by atoms with Crippen molar-refractivity contribution in [3.05, 3.63) is 180 Å². The SMILES string of the molecule is N#Cc1cc(C#N)cc(-c2cccc3c4ccccc4n(-c4cccc5c4C(=O)N(c4ccc(-c6ccccc6)cc4-c4ccccc4)C5=O)c23)c1. The van der Waals surface area contributed by atoms with Crippen LogP contribution in [0.1, 0.15) is 31.8 Å². The molecule has 0 fully saturated rings. The number of nitrogens with zero attached hydrogens (tertiary/aromatic N) is 4. The van der Waals surface area contributed by atoms with Gasteiger partial charge in [0.15, 0.2) is 0 Å². The van der Waals surface area contributed by atoms with Gasteiger partial charge in [-0.3, -0.25) is 9.59 Å². The van der Waals surface area contributed by atoms with Crippen LogP contribution in [-0.2, 0) is 0 Å². The standard InChI is InChI=1S/C46H26N4O2/c47-27-29-23-30(28-48)25-34(24-29)35-16-9-17-37-36-15-7-8-19-40(36)49(44(35)37)42-20-10-18-38-43(42)46(52)50(45(38)51)41-22-21-33(31-11-3-1-4-12-31)26-39(41)32-13-5-2-6-14-32/h1-26H. The van der Waals surface area contributed by atoms with Crippen molar-refractivity contribution in [1.82, 2.24) is 4.57 Å². The van der Waals surface area contributed by atoms with Gasteiger partial charge in [0.05, 0.1) is 56.8 Å². The van der Waals surface area contributed by atoms with Crippen LogP contribution in [0.2, 0.25) is 0 Å². The molecule has 9 rings (SSSR count). The predicted octanol–water partition coefficient (Wildman–Crippen LogP) is 10.3. The summed E-state index contributed by atoms with van der Waals surface area (Å²) in [5.41, 5.74) is 9.23. The second-order valence-corrected chi connectivity index (χ2v) is 12.7. The van der Waals surface area contributed by atoms with Crippen molar-refractivity contribution < 1.29 is 9.59 Å². The molecule has 0 saturated heterocycles. The molecule has 6 heteroatoms. The molecule has 0 atom stereocenters. The number of rotatable bonds is 5. The van der Waals surface area contributed by atoms with Crippen LogP contribution in [0.5, 0.6) is 0 Å². The number of carbonyl (C=O) groups is 2. The van der Waals surface area contributed by atoms with Gasteiger partial charge in [0, 0.05) is 21.9 Å². The number of hydrogen-bond acceptors (Lipinski definition) is 4. The number of benzene rings is 7. The minimum Gasteiger partial charge on any atom is -0.308 e. The monoisotopic (exact) mass is 666 g/mol. The zero-order valence-corrected chi connectivity index (χ0v) is 27.6. The number of nitriles is 2. The number of para-hydroxylation sites is 2. The molecule has 8 aromatic rings. The summed E-state index contributed by atoms with van der Waals surface area (Å²) in [6, 6.07) is 54.4. The Bertz CT molecular complexity index is 2830. The third-order valence-electron chi connectivity index (χ3n) is 9.76. The quantitative estimate of drug-likeness (QED) is 0.171. The van der Waals surface area contributed by atoms with Crippen LogP contribution in [0.4, 0.5) is 5.69 Å². The average Bonchev–Trinajstić information content (AvgIpc) is 3.68. The molecule has 0 radical (unpaired) electrons. The van der Waals surface area contributed by atoms with Gasteiger partial charge in [-0.1, -0.05) is 109 Å². The highest BCUT2D eigenvalue weighted by Gasteiger charge is 2.40. The molecule has 7 aromatic carbocycles. The fourth-order valence-electron chi connectivity index (χ4n) is 7.48. The first-order chi connectivity index (χ1) is 25.6.